The van der Waals surface area contributed by atoms with Crippen molar-refractivity contribution in [3.05, 3.63) is 96.2 Å². The first kappa shape index (κ1) is 22.2. The maximum atomic E-state index is 10.7. The van der Waals surface area contributed by atoms with Gasteiger partial charge < -0.3 is 14.6 Å². The third-order valence-electron chi connectivity index (χ3n) is 7.85. The number of hydrogen-bond acceptors (Lipinski definition) is 3. The van der Waals surface area contributed by atoms with E-state index in [0.29, 0.717) is 17.8 Å². The fourth-order valence-corrected chi connectivity index (χ4v) is 5.67. The Morgan fingerprint density at radius 1 is 0.800 bits per heavy atom. The minimum atomic E-state index is 0.439. The van der Waals surface area contributed by atoms with Gasteiger partial charge in [-0.05, 0) is 55.5 Å². The number of benzene rings is 3. The van der Waals surface area contributed by atoms with Gasteiger partial charge in [0.15, 0.2) is 5.88 Å². The highest BCUT2D eigenvalue weighted by Gasteiger charge is 2.27. The fourth-order valence-electron chi connectivity index (χ4n) is 5.67. The number of fused-ring (bicyclic) bond motifs is 1. The van der Waals surface area contributed by atoms with Crippen LogP contribution in [0.3, 0.4) is 0 Å². The number of anilines is 1. The Morgan fingerprint density at radius 2 is 1.46 bits per heavy atom. The molecule has 0 radical (unpaired) electrons. The molecular formula is C31H35N3O. The highest BCUT2D eigenvalue weighted by Crippen LogP contribution is 2.42. The van der Waals surface area contributed by atoms with Crippen molar-refractivity contribution in [3.8, 4) is 5.88 Å². The number of hydrogen-bond donors (Lipinski definition) is 1. The van der Waals surface area contributed by atoms with Crippen molar-refractivity contribution >= 4 is 16.5 Å². The molecule has 1 saturated carbocycles. The molecule has 1 aliphatic carbocycles. The van der Waals surface area contributed by atoms with Gasteiger partial charge in [0.05, 0.1) is 0 Å². The number of aromatic hydroxyl groups is 1. The Hall–Kier alpha value is -3.24. The van der Waals surface area contributed by atoms with E-state index in [9.17, 15) is 5.11 Å². The summed E-state index contributed by atoms with van der Waals surface area (Å²) in [5, 5.41) is 12.8. The van der Waals surface area contributed by atoms with Crippen LogP contribution in [0.15, 0.2) is 85.1 Å². The van der Waals surface area contributed by atoms with Crippen molar-refractivity contribution in [3.63, 3.8) is 0 Å². The maximum Gasteiger partial charge on any atom is 0.199 e. The van der Waals surface area contributed by atoms with Gasteiger partial charge in [-0.3, -0.25) is 4.90 Å². The highest BCUT2D eigenvalue weighted by molar-refractivity contribution is 5.91. The van der Waals surface area contributed by atoms with E-state index in [-0.39, 0.29) is 0 Å². The number of rotatable bonds is 8. The Balaban J connectivity index is 1.05. The van der Waals surface area contributed by atoms with Crippen LogP contribution in [0.2, 0.25) is 0 Å². The monoisotopic (exact) mass is 465 g/mol. The molecule has 4 aromatic rings. The molecule has 2 aliphatic rings. The molecule has 35 heavy (non-hydrogen) atoms. The average Bonchev–Trinajstić information content (AvgIpc) is 3.71. The van der Waals surface area contributed by atoms with E-state index in [4.69, 9.17) is 0 Å². The van der Waals surface area contributed by atoms with Gasteiger partial charge in [-0.15, -0.1) is 0 Å². The molecule has 6 rings (SSSR count). The summed E-state index contributed by atoms with van der Waals surface area (Å²) in [6, 6.07) is 29.0. The SMILES string of the molecule is Oc1c2cc(N3CCN(CCCC(c4ccccc4)c4ccccc4)CC3)ccc2cn1C1CC1. The Labute approximate surface area is 208 Å². The van der Waals surface area contributed by atoms with Crippen LogP contribution in [0.5, 0.6) is 5.88 Å². The zero-order chi connectivity index (χ0) is 23.6. The summed E-state index contributed by atoms with van der Waals surface area (Å²) in [7, 11) is 0. The van der Waals surface area contributed by atoms with E-state index in [1.807, 2.05) is 0 Å². The van der Waals surface area contributed by atoms with Crippen LogP contribution in [0, 0.1) is 0 Å². The molecule has 180 valence electrons. The van der Waals surface area contributed by atoms with Crippen LogP contribution in [0.4, 0.5) is 5.69 Å². The molecule has 0 bridgehead atoms. The van der Waals surface area contributed by atoms with E-state index >= 15 is 0 Å². The van der Waals surface area contributed by atoms with Crippen molar-refractivity contribution in [2.75, 3.05) is 37.6 Å². The summed E-state index contributed by atoms with van der Waals surface area (Å²) in [6.45, 7) is 5.41. The minimum absolute atomic E-state index is 0.439. The van der Waals surface area contributed by atoms with E-state index in [1.165, 1.54) is 42.5 Å². The molecule has 1 saturated heterocycles. The van der Waals surface area contributed by atoms with Gasteiger partial charge in [-0.1, -0.05) is 66.7 Å². The van der Waals surface area contributed by atoms with E-state index in [0.717, 1.165) is 43.5 Å². The molecule has 2 heterocycles. The summed E-state index contributed by atoms with van der Waals surface area (Å²) in [6.07, 6.45) is 6.84. The van der Waals surface area contributed by atoms with Crippen LogP contribution in [0.25, 0.3) is 10.8 Å². The Kier molecular flexibility index (Phi) is 6.22. The maximum absolute atomic E-state index is 10.7. The zero-order valence-electron chi connectivity index (χ0n) is 20.4. The van der Waals surface area contributed by atoms with Crippen LogP contribution >= 0.6 is 0 Å². The molecule has 2 fully saturated rings. The molecule has 0 amide bonds. The predicted molar refractivity (Wildman–Crippen MR) is 144 cm³/mol. The third kappa shape index (κ3) is 4.81. The lowest BCUT2D eigenvalue weighted by Gasteiger charge is -2.36. The molecule has 0 spiro atoms. The quantitative estimate of drug-likeness (QED) is 0.326. The molecule has 1 aliphatic heterocycles. The van der Waals surface area contributed by atoms with Crippen molar-refractivity contribution in [2.45, 2.75) is 37.6 Å². The second-order valence-electron chi connectivity index (χ2n) is 10.2. The molecule has 0 unspecified atom stereocenters. The van der Waals surface area contributed by atoms with Crippen LogP contribution in [-0.2, 0) is 0 Å². The number of aromatic nitrogens is 1. The first-order chi connectivity index (χ1) is 17.3. The molecule has 1 N–H and O–H groups in total. The van der Waals surface area contributed by atoms with Crippen LogP contribution in [0.1, 0.15) is 48.8 Å². The lowest BCUT2D eigenvalue weighted by molar-refractivity contribution is 0.251. The van der Waals surface area contributed by atoms with Crippen molar-refractivity contribution in [1.82, 2.24) is 9.47 Å². The average molecular weight is 466 g/mol. The second-order valence-corrected chi connectivity index (χ2v) is 10.2. The topological polar surface area (TPSA) is 31.6 Å². The Morgan fingerprint density at radius 3 is 2.09 bits per heavy atom. The van der Waals surface area contributed by atoms with Gasteiger partial charge in [0.2, 0.25) is 0 Å². The lowest BCUT2D eigenvalue weighted by atomic mass is 9.87. The summed E-state index contributed by atoms with van der Waals surface area (Å²) in [5.74, 6) is 0.899. The molecule has 4 nitrogen and oxygen atoms in total. The lowest BCUT2D eigenvalue weighted by Crippen LogP contribution is -2.46. The van der Waals surface area contributed by atoms with Crippen molar-refractivity contribution in [2.24, 2.45) is 0 Å². The largest absolute Gasteiger partial charge is 0.494 e. The Bertz CT molecular complexity index is 1220. The summed E-state index contributed by atoms with van der Waals surface area (Å²) >= 11 is 0. The van der Waals surface area contributed by atoms with Crippen LogP contribution < -0.4 is 4.90 Å². The molecular weight excluding hydrogens is 430 g/mol. The smallest absolute Gasteiger partial charge is 0.199 e. The van der Waals surface area contributed by atoms with Gasteiger partial charge in [-0.25, -0.2) is 0 Å². The number of piperazine rings is 1. The van der Waals surface area contributed by atoms with Crippen molar-refractivity contribution < 1.29 is 5.11 Å². The first-order valence-corrected chi connectivity index (χ1v) is 13.2. The van der Waals surface area contributed by atoms with Gasteiger partial charge in [-0.2, -0.15) is 0 Å². The first-order valence-electron chi connectivity index (χ1n) is 13.2. The minimum Gasteiger partial charge on any atom is -0.494 e. The van der Waals surface area contributed by atoms with E-state index in [1.54, 1.807) is 0 Å². The van der Waals surface area contributed by atoms with E-state index < -0.39 is 0 Å². The van der Waals surface area contributed by atoms with Gasteiger partial charge in [0.25, 0.3) is 0 Å². The molecule has 1 aromatic heterocycles. The molecule has 4 heteroatoms. The highest BCUT2D eigenvalue weighted by atomic mass is 16.3. The zero-order valence-corrected chi connectivity index (χ0v) is 20.4. The predicted octanol–water partition coefficient (Wildman–Crippen LogP) is 6.42. The van der Waals surface area contributed by atoms with Crippen LogP contribution in [-0.4, -0.2) is 47.3 Å². The van der Waals surface area contributed by atoms with Gasteiger partial charge >= 0.3 is 0 Å². The standard InChI is InChI=1S/C31H35N3O/c35-31-30-22-28(14-13-26(30)23-34(31)27-15-16-27)33-20-18-32(19-21-33)17-7-12-29(24-8-3-1-4-9-24)25-10-5-2-6-11-25/h1-6,8-11,13-14,22-23,27,29,35H,7,12,15-21H2. The van der Waals surface area contributed by atoms with E-state index in [2.05, 4.69) is 99.4 Å². The summed E-state index contributed by atoms with van der Waals surface area (Å²) in [5.41, 5.74) is 4.06. The van der Waals surface area contributed by atoms with Gasteiger partial charge in [0.1, 0.15) is 0 Å². The number of nitrogens with zero attached hydrogens (tertiary/aromatic N) is 3. The third-order valence-corrected chi connectivity index (χ3v) is 7.85. The van der Waals surface area contributed by atoms with Gasteiger partial charge in [0, 0.05) is 60.8 Å². The van der Waals surface area contributed by atoms with Crippen molar-refractivity contribution in [1.29, 1.82) is 0 Å². The molecule has 0 atom stereocenters. The normalized spacial score (nSPS) is 16.9. The fraction of sp³-hybridized carbons (Fsp3) is 0.355. The summed E-state index contributed by atoms with van der Waals surface area (Å²) in [4.78, 5) is 5.09. The second kappa shape index (κ2) is 9.79. The molecule has 3 aromatic carbocycles. The summed E-state index contributed by atoms with van der Waals surface area (Å²) < 4.78 is 2.06.